The number of amides is 1. The van der Waals surface area contributed by atoms with Gasteiger partial charge in [-0.1, -0.05) is 0 Å². The molecular formula is C13H15F3N2O3. The van der Waals surface area contributed by atoms with Gasteiger partial charge in [0.05, 0.1) is 13.2 Å². The van der Waals surface area contributed by atoms with Crippen LogP contribution in [-0.2, 0) is 4.74 Å². The maximum atomic E-state index is 12.7. The third kappa shape index (κ3) is 3.26. The maximum absolute atomic E-state index is 12.7. The van der Waals surface area contributed by atoms with Gasteiger partial charge in [-0.05, 0) is 13.8 Å². The van der Waals surface area contributed by atoms with Gasteiger partial charge in [0, 0.05) is 24.0 Å². The second-order valence-corrected chi connectivity index (χ2v) is 4.97. The summed E-state index contributed by atoms with van der Waals surface area (Å²) in [6.45, 7) is 2.42. The zero-order valence-corrected chi connectivity index (χ0v) is 11.6. The fourth-order valence-corrected chi connectivity index (χ4v) is 2.30. The molecule has 0 aliphatic carbocycles. The Morgan fingerprint density at radius 3 is 2.67 bits per heavy atom. The van der Waals surface area contributed by atoms with Crippen molar-refractivity contribution >= 4 is 5.91 Å². The molecule has 1 aliphatic rings. The first kappa shape index (κ1) is 15.6. The molecule has 0 aromatic carbocycles. The summed E-state index contributed by atoms with van der Waals surface area (Å²) >= 11 is 0. The summed E-state index contributed by atoms with van der Waals surface area (Å²) in [5.74, 6) is -0.702. The van der Waals surface area contributed by atoms with Crippen LogP contribution in [0.25, 0.3) is 0 Å². The Morgan fingerprint density at radius 2 is 2.10 bits per heavy atom. The number of hydrogen-bond donors (Lipinski definition) is 1. The molecule has 0 saturated carbocycles. The van der Waals surface area contributed by atoms with Crippen LogP contribution in [0.4, 0.5) is 13.2 Å². The van der Waals surface area contributed by atoms with Crippen LogP contribution in [0, 0.1) is 13.8 Å². The first-order valence-electron chi connectivity index (χ1n) is 6.38. The minimum absolute atomic E-state index is 0.0260. The van der Waals surface area contributed by atoms with E-state index in [1.807, 2.05) is 0 Å². The Labute approximate surface area is 118 Å². The molecule has 1 fully saturated rings. The molecule has 1 atom stereocenters. The topological polar surface area (TPSA) is 62.4 Å². The fourth-order valence-electron chi connectivity index (χ4n) is 2.30. The van der Waals surface area contributed by atoms with Crippen molar-refractivity contribution in [3.8, 4) is 0 Å². The normalized spacial score (nSPS) is 19.7. The molecule has 1 amide bonds. The van der Waals surface area contributed by atoms with Crippen LogP contribution in [0.15, 0.2) is 10.9 Å². The number of carbonyl (C=O) groups is 1. The number of rotatable bonds is 1. The second-order valence-electron chi connectivity index (χ2n) is 4.97. The Bertz CT molecular complexity index is 610. The van der Waals surface area contributed by atoms with Crippen LogP contribution < -0.4 is 5.43 Å². The van der Waals surface area contributed by atoms with Crippen molar-refractivity contribution in [2.45, 2.75) is 26.1 Å². The van der Waals surface area contributed by atoms with Crippen LogP contribution in [0.5, 0.6) is 0 Å². The number of alkyl halides is 3. The van der Waals surface area contributed by atoms with E-state index in [0.29, 0.717) is 11.4 Å². The first-order valence-corrected chi connectivity index (χ1v) is 6.38. The van der Waals surface area contributed by atoms with Crippen molar-refractivity contribution < 1.29 is 22.7 Å². The van der Waals surface area contributed by atoms with Gasteiger partial charge in [0.2, 0.25) is 0 Å². The van der Waals surface area contributed by atoms with E-state index >= 15 is 0 Å². The van der Waals surface area contributed by atoms with E-state index in [1.54, 1.807) is 13.8 Å². The molecule has 5 nitrogen and oxygen atoms in total. The summed E-state index contributed by atoms with van der Waals surface area (Å²) in [4.78, 5) is 28.1. The lowest BCUT2D eigenvalue weighted by Crippen LogP contribution is -2.51. The smallest absolute Gasteiger partial charge is 0.365 e. The van der Waals surface area contributed by atoms with Crippen LogP contribution >= 0.6 is 0 Å². The lowest BCUT2D eigenvalue weighted by molar-refractivity contribution is -0.233. The molecule has 2 rings (SSSR count). The Hall–Kier alpha value is -1.83. The van der Waals surface area contributed by atoms with Crippen LogP contribution in [0.1, 0.15) is 21.7 Å². The number of halogens is 3. The van der Waals surface area contributed by atoms with Crippen LogP contribution in [0.3, 0.4) is 0 Å². The number of pyridine rings is 1. The minimum atomic E-state index is -4.53. The third-order valence-corrected chi connectivity index (χ3v) is 3.29. The summed E-state index contributed by atoms with van der Waals surface area (Å²) in [6, 6.07) is 1.25. The molecule has 116 valence electrons. The predicted octanol–water partition coefficient (Wildman–Crippen LogP) is 1.40. The van der Waals surface area contributed by atoms with Crippen molar-refractivity contribution in [2.24, 2.45) is 0 Å². The summed E-state index contributed by atoms with van der Waals surface area (Å²) in [6.07, 6.45) is -6.55. The Balaban J connectivity index is 2.27. The summed E-state index contributed by atoms with van der Waals surface area (Å²) < 4.78 is 42.6. The third-order valence-electron chi connectivity index (χ3n) is 3.29. The lowest BCUT2D eigenvalue weighted by Gasteiger charge is -2.33. The lowest BCUT2D eigenvalue weighted by atomic mass is 10.1. The summed E-state index contributed by atoms with van der Waals surface area (Å²) in [5.41, 5.74) is 0.316. The van der Waals surface area contributed by atoms with Gasteiger partial charge in [-0.2, -0.15) is 13.2 Å². The number of aromatic nitrogens is 1. The van der Waals surface area contributed by atoms with E-state index in [4.69, 9.17) is 0 Å². The Kier molecular flexibility index (Phi) is 4.08. The maximum Gasteiger partial charge on any atom is 0.416 e. The molecule has 21 heavy (non-hydrogen) atoms. The monoisotopic (exact) mass is 304 g/mol. The molecule has 1 aliphatic heterocycles. The average Bonchev–Trinajstić information content (AvgIpc) is 2.36. The SMILES string of the molecule is Cc1cc(=O)c(C(=O)N2CCO[C@@H](C(F)(F)F)C2)c(C)[nH]1. The standard InChI is InChI=1S/C13H15F3N2O3/c1-7-5-9(19)11(8(2)17-7)12(20)18-3-4-21-10(6-18)13(14,15)16/h5,10H,3-4,6H2,1-2H3,(H,17,19)/t10-/m1/s1. The number of aromatic amines is 1. The molecule has 0 spiro atoms. The molecule has 8 heteroatoms. The molecule has 1 aromatic rings. The number of H-pyrrole nitrogens is 1. The van der Waals surface area contributed by atoms with Gasteiger partial charge < -0.3 is 14.6 Å². The van der Waals surface area contributed by atoms with E-state index in [9.17, 15) is 22.8 Å². The van der Waals surface area contributed by atoms with E-state index in [0.717, 1.165) is 4.90 Å². The summed E-state index contributed by atoms with van der Waals surface area (Å²) in [7, 11) is 0. The van der Waals surface area contributed by atoms with Gasteiger partial charge >= 0.3 is 6.18 Å². The highest BCUT2D eigenvalue weighted by Gasteiger charge is 2.44. The highest BCUT2D eigenvalue weighted by molar-refractivity contribution is 5.95. The van der Waals surface area contributed by atoms with Crippen molar-refractivity contribution in [2.75, 3.05) is 19.7 Å². The predicted molar refractivity (Wildman–Crippen MR) is 68.2 cm³/mol. The van der Waals surface area contributed by atoms with Crippen molar-refractivity contribution in [1.82, 2.24) is 9.88 Å². The fraction of sp³-hybridized carbons (Fsp3) is 0.538. The Morgan fingerprint density at radius 1 is 1.43 bits per heavy atom. The molecule has 1 N–H and O–H groups in total. The first-order chi connectivity index (χ1) is 9.70. The number of aryl methyl sites for hydroxylation is 2. The van der Waals surface area contributed by atoms with Gasteiger partial charge in [-0.25, -0.2) is 0 Å². The van der Waals surface area contributed by atoms with Gasteiger partial charge in [0.15, 0.2) is 11.5 Å². The largest absolute Gasteiger partial charge is 0.416 e. The average molecular weight is 304 g/mol. The minimum Gasteiger partial charge on any atom is -0.365 e. The van der Waals surface area contributed by atoms with Gasteiger partial charge in [-0.3, -0.25) is 9.59 Å². The zero-order valence-electron chi connectivity index (χ0n) is 11.6. The number of morpholine rings is 1. The number of nitrogens with one attached hydrogen (secondary N) is 1. The molecule has 0 bridgehead atoms. The van der Waals surface area contributed by atoms with Gasteiger partial charge in [-0.15, -0.1) is 0 Å². The summed E-state index contributed by atoms with van der Waals surface area (Å²) in [5, 5.41) is 0. The van der Waals surface area contributed by atoms with E-state index in [2.05, 4.69) is 9.72 Å². The van der Waals surface area contributed by atoms with E-state index < -0.39 is 30.2 Å². The number of ether oxygens (including phenoxy) is 1. The van der Waals surface area contributed by atoms with Gasteiger partial charge in [0.1, 0.15) is 5.56 Å². The molecular weight excluding hydrogens is 289 g/mol. The number of nitrogens with zero attached hydrogens (tertiary/aromatic N) is 1. The zero-order chi connectivity index (χ0) is 15.8. The van der Waals surface area contributed by atoms with E-state index in [1.165, 1.54) is 6.07 Å². The highest BCUT2D eigenvalue weighted by Crippen LogP contribution is 2.26. The van der Waals surface area contributed by atoms with Gasteiger partial charge in [0.25, 0.3) is 5.91 Å². The van der Waals surface area contributed by atoms with Crippen molar-refractivity contribution in [3.63, 3.8) is 0 Å². The van der Waals surface area contributed by atoms with E-state index in [-0.39, 0.29) is 18.7 Å². The number of hydrogen-bond acceptors (Lipinski definition) is 3. The second kappa shape index (κ2) is 5.51. The quantitative estimate of drug-likeness (QED) is 0.853. The molecule has 1 aromatic heterocycles. The number of carbonyl (C=O) groups excluding carboxylic acids is 1. The van der Waals surface area contributed by atoms with Crippen molar-refractivity contribution in [3.05, 3.63) is 33.2 Å². The molecule has 0 radical (unpaired) electrons. The highest BCUT2D eigenvalue weighted by atomic mass is 19.4. The van der Waals surface area contributed by atoms with Crippen LogP contribution in [-0.4, -0.2) is 47.8 Å². The molecule has 0 unspecified atom stereocenters. The molecule has 2 heterocycles. The molecule has 1 saturated heterocycles. The van der Waals surface area contributed by atoms with Crippen LogP contribution in [0.2, 0.25) is 0 Å². The van der Waals surface area contributed by atoms with Crippen molar-refractivity contribution in [1.29, 1.82) is 0 Å².